The largest absolute Gasteiger partial charge is 0.497 e. The molecule has 27 heavy (non-hydrogen) atoms. The Kier molecular flexibility index (Phi) is 5.42. The highest BCUT2D eigenvalue weighted by Gasteiger charge is 2.49. The van der Waals surface area contributed by atoms with Crippen molar-refractivity contribution in [3.8, 4) is 5.75 Å². The fraction of sp³-hybridized carbons (Fsp3) is 0.682. The molecule has 1 aromatic rings. The summed E-state index contributed by atoms with van der Waals surface area (Å²) in [5.41, 5.74) is 0.603. The van der Waals surface area contributed by atoms with Crippen LogP contribution >= 0.6 is 0 Å². The molecule has 148 valence electrons. The van der Waals surface area contributed by atoms with E-state index in [2.05, 4.69) is 17.0 Å². The Morgan fingerprint density at radius 2 is 1.85 bits per heavy atom. The summed E-state index contributed by atoms with van der Waals surface area (Å²) in [6.07, 6.45) is 7.20. The molecule has 1 aliphatic carbocycles. The van der Waals surface area contributed by atoms with Crippen molar-refractivity contribution in [2.45, 2.75) is 56.6 Å². The van der Waals surface area contributed by atoms with Gasteiger partial charge in [0.1, 0.15) is 5.75 Å². The van der Waals surface area contributed by atoms with Gasteiger partial charge in [0.25, 0.3) is 0 Å². The second-order valence-electron chi connectivity index (χ2n) is 8.48. The number of ether oxygens (including phenoxy) is 1. The van der Waals surface area contributed by atoms with Gasteiger partial charge in [0.2, 0.25) is 5.91 Å². The lowest BCUT2D eigenvalue weighted by molar-refractivity contribution is -0.144. The van der Waals surface area contributed by atoms with Crippen LogP contribution in [-0.2, 0) is 4.79 Å². The maximum absolute atomic E-state index is 12.8. The Balaban J connectivity index is 1.60. The zero-order chi connectivity index (χ0) is 18.9. The van der Waals surface area contributed by atoms with E-state index >= 15 is 0 Å². The molecule has 3 fully saturated rings. The Morgan fingerprint density at radius 1 is 1.11 bits per heavy atom. The highest BCUT2D eigenvalue weighted by molar-refractivity contribution is 5.78. The van der Waals surface area contributed by atoms with Gasteiger partial charge in [0, 0.05) is 31.6 Å². The molecule has 0 bridgehead atoms. The second kappa shape index (κ2) is 7.80. The number of carbonyl (C=O) groups is 1. The van der Waals surface area contributed by atoms with Gasteiger partial charge in [0.15, 0.2) is 0 Å². The predicted octanol–water partition coefficient (Wildman–Crippen LogP) is 2.99. The summed E-state index contributed by atoms with van der Waals surface area (Å²) in [7, 11) is 1.68. The lowest BCUT2D eigenvalue weighted by Crippen LogP contribution is -2.56. The lowest BCUT2D eigenvalue weighted by atomic mass is 9.66. The number of aliphatic hydroxyl groups is 1. The van der Waals surface area contributed by atoms with E-state index < -0.39 is 5.60 Å². The molecule has 1 saturated carbocycles. The first-order chi connectivity index (χ1) is 13.1. The number of amides is 1. The van der Waals surface area contributed by atoms with E-state index in [4.69, 9.17) is 4.74 Å². The minimum atomic E-state index is -0.587. The van der Waals surface area contributed by atoms with Crippen LogP contribution < -0.4 is 4.74 Å². The molecule has 2 saturated heterocycles. The highest BCUT2D eigenvalue weighted by Crippen LogP contribution is 2.49. The summed E-state index contributed by atoms with van der Waals surface area (Å²) in [6, 6.07) is 8.30. The van der Waals surface area contributed by atoms with Crippen LogP contribution in [0.5, 0.6) is 5.75 Å². The maximum Gasteiger partial charge on any atom is 0.236 e. The van der Waals surface area contributed by atoms with Crippen molar-refractivity contribution < 1.29 is 14.6 Å². The molecule has 0 aromatic heterocycles. The van der Waals surface area contributed by atoms with Crippen LogP contribution in [0.2, 0.25) is 0 Å². The molecular formula is C22H32N2O3. The van der Waals surface area contributed by atoms with Gasteiger partial charge in [-0.2, -0.15) is 0 Å². The predicted molar refractivity (Wildman–Crippen MR) is 105 cm³/mol. The van der Waals surface area contributed by atoms with Crippen molar-refractivity contribution in [1.29, 1.82) is 0 Å². The molecule has 1 N–H and O–H groups in total. The molecule has 0 spiro atoms. The van der Waals surface area contributed by atoms with Gasteiger partial charge in [-0.05, 0) is 49.8 Å². The van der Waals surface area contributed by atoms with E-state index in [9.17, 15) is 9.90 Å². The van der Waals surface area contributed by atoms with E-state index in [1.807, 2.05) is 17.0 Å². The molecule has 2 heterocycles. The van der Waals surface area contributed by atoms with Crippen LogP contribution in [0, 0.1) is 5.92 Å². The van der Waals surface area contributed by atoms with Gasteiger partial charge in [-0.15, -0.1) is 0 Å². The van der Waals surface area contributed by atoms with Gasteiger partial charge < -0.3 is 14.7 Å². The third kappa shape index (κ3) is 3.72. The topological polar surface area (TPSA) is 53.0 Å². The summed E-state index contributed by atoms with van der Waals surface area (Å²) < 4.78 is 5.32. The Bertz CT molecular complexity index is 656. The number of methoxy groups -OCH3 is 1. The van der Waals surface area contributed by atoms with Crippen LogP contribution in [0.25, 0.3) is 0 Å². The average molecular weight is 373 g/mol. The first-order valence-electron chi connectivity index (χ1n) is 10.5. The number of benzene rings is 1. The van der Waals surface area contributed by atoms with Gasteiger partial charge >= 0.3 is 0 Å². The number of piperidine rings is 1. The van der Waals surface area contributed by atoms with Crippen molar-refractivity contribution in [3.05, 3.63) is 29.8 Å². The number of likely N-dealkylation sites (tertiary alicyclic amines) is 2. The van der Waals surface area contributed by atoms with Gasteiger partial charge in [-0.1, -0.05) is 25.0 Å². The molecule has 4 rings (SSSR count). The van der Waals surface area contributed by atoms with Crippen LogP contribution in [0.3, 0.4) is 0 Å². The Hall–Kier alpha value is -1.59. The quantitative estimate of drug-likeness (QED) is 0.883. The number of hydrogen-bond donors (Lipinski definition) is 1. The zero-order valence-corrected chi connectivity index (χ0v) is 16.4. The first-order valence-corrected chi connectivity index (χ1v) is 10.5. The maximum atomic E-state index is 12.8. The van der Waals surface area contributed by atoms with E-state index in [1.165, 1.54) is 5.56 Å². The molecule has 3 atom stereocenters. The molecule has 1 aromatic carbocycles. The average Bonchev–Trinajstić information content (AvgIpc) is 3.23. The summed E-state index contributed by atoms with van der Waals surface area (Å²) in [5.74, 6) is 1.28. The molecule has 0 radical (unpaired) electrons. The van der Waals surface area contributed by atoms with Crippen LogP contribution in [-0.4, -0.2) is 59.7 Å². The van der Waals surface area contributed by atoms with Crippen LogP contribution in [0.15, 0.2) is 24.3 Å². The molecule has 1 amide bonds. The molecule has 2 aliphatic heterocycles. The minimum absolute atomic E-state index is 0.0986. The monoisotopic (exact) mass is 372 g/mol. The summed E-state index contributed by atoms with van der Waals surface area (Å²) in [5, 5.41) is 11.3. The number of fused-ring (bicyclic) bond motifs is 1. The third-order valence-corrected chi connectivity index (χ3v) is 6.93. The van der Waals surface area contributed by atoms with E-state index in [0.717, 1.165) is 70.3 Å². The number of hydrogen-bond acceptors (Lipinski definition) is 4. The lowest BCUT2D eigenvalue weighted by Gasteiger charge is -2.52. The SMILES string of the molecule is COc1ccc(C2C3CCCCC3(O)CCN2CC(=O)N2CCCC2)cc1. The second-order valence-corrected chi connectivity index (χ2v) is 8.48. The molecule has 5 heteroatoms. The van der Waals surface area contributed by atoms with E-state index in [-0.39, 0.29) is 17.9 Å². The first kappa shape index (κ1) is 18.8. The Labute approximate surface area is 162 Å². The normalized spacial score (nSPS) is 31.6. The van der Waals surface area contributed by atoms with Crippen molar-refractivity contribution in [1.82, 2.24) is 9.80 Å². The fourth-order valence-corrected chi connectivity index (χ4v) is 5.40. The minimum Gasteiger partial charge on any atom is -0.497 e. The standard InChI is InChI=1S/C22H32N2O3/c1-27-18-9-7-17(8-10-18)21-19-6-2-3-11-22(19,26)12-15-24(21)16-20(25)23-13-4-5-14-23/h7-10,19,21,26H,2-6,11-16H2,1H3. The molecular weight excluding hydrogens is 340 g/mol. The number of rotatable bonds is 4. The number of nitrogens with zero attached hydrogens (tertiary/aromatic N) is 2. The summed E-state index contributed by atoms with van der Waals surface area (Å²) >= 11 is 0. The zero-order valence-electron chi connectivity index (χ0n) is 16.4. The van der Waals surface area contributed by atoms with Crippen molar-refractivity contribution in [2.75, 3.05) is 33.3 Å². The van der Waals surface area contributed by atoms with Crippen LogP contribution in [0.1, 0.15) is 56.6 Å². The van der Waals surface area contributed by atoms with Gasteiger partial charge in [-0.3, -0.25) is 9.69 Å². The third-order valence-electron chi connectivity index (χ3n) is 6.93. The smallest absolute Gasteiger partial charge is 0.236 e. The fourth-order valence-electron chi connectivity index (χ4n) is 5.40. The molecule has 3 unspecified atom stereocenters. The van der Waals surface area contributed by atoms with E-state index in [0.29, 0.717) is 6.54 Å². The summed E-state index contributed by atoms with van der Waals surface area (Å²) in [6.45, 7) is 3.03. The van der Waals surface area contributed by atoms with Gasteiger partial charge in [0.05, 0.1) is 19.3 Å². The van der Waals surface area contributed by atoms with Crippen LogP contribution in [0.4, 0.5) is 0 Å². The highest BCUT2D eigenvalue weighted by atomic mass is 16.5. The van der Waals surface area contributed by atoms with Crippen molar-refractivity contribution in [2.24, 2.45) is 5.92 Å². The Morgan fingerprint density at radius 3 is 2.56 bits per heavy atom. The number of carbonyl (C=O) groups excluding carboxylic acids is 1. The van der Waals surface area contributed by atoms with Gasteiger partial charge in [-0.25, -0.2) is 0 Å². The van der Waals surface area contributed by atoms with Crippen molar-refractivity contribution in [3.63, 3.8) is 0 Å². The molecule has 5 nitrogen and oxygen atoms in total. The molecule has 3 aliphatic rings. The summed E-state index contributed by atoms with van der Waals surface area (Å²) in [4.78, 5) is 17.2. The van der Waals surface area contributed by atoms with E-state index in [1.54, 1.807) is 7.11 Å². The van der Waals surface area contributed by atoms with Crippen molar-refractivity contribution >= 4 is 5.91 Å².